The molecule has 1 aromatic carbocycles. The van der Waals surface area contributed by atoms with E-state index < -0.39 is 12.7 Å². The van der Waals surface area contributed by atoms with E-state index in [1.807, 2.05) is 18.2 Å². The summed E-state index contributed by atoms with van der Waals surface area (Å²) < 4.78 is 41.6. The van der Waals surface area contributed by atoms with E-state index in [1.54, 1.807) is 19.1 Å². The van der Waals surface area contributed by atoms with Crippen LogP contribution in [0, 0.1) is 0 Å². The summed E-state index contributed by atoms with van der Waals surface area (Å²) >= 11 is 0. The summed E-state index contributed by atoms with van der Waals surface area (Å²) in [6, 6.07) is 7.43. The first-order valence-electron chi connectivity index (χ1n) is 6.05. The Kier molecular flexibility index (Phi) is 5.89. The normalized spacial score (nSPS) is 13.1. The van der Waals surface area contributed by atoms with E-state index in [2.05, 4.69) is 11.9 Å². The molecule has 19 heavy (non-hydrogen) atoms. The van der Waals surface area contributed by atoms with Crippen LogP contribution in [0.1, 0.15) is 12.5 Å². The van der Waals surface area contributed by atoms with Crippen LogP contribution in [-0.2, 0) is 6.42 Å². The fourth-order valence-corrected chi connectivity index (χ4v) is 1.62. The Morgan fingerprint density at radius 2 is 2.05 bits per heavy atom. The molecule has 2 nitrogen and oxygen atoms in total. The van der Waals surface area contributed by atoms with Crippen molar-refractivity contribution in [3.63, 3.8) is 0 Å². The molecule has 0 fully saturated rings. The summed E-state index contributed by atoms with van der Waals surface area (Å²) in [4.78, 5) is 0. The Morgan fingerprint density at radius 1 is 1.37 bits per heavy atom. The highest BCUT2D eigenvalue weighted by Gasteiger charge is 2.26. The molecule has 0 aliphatic rings. The van der Waals surface area contributed by atoms with Crippen molar-refractivity contribution in [1.82, 2.24) is 5.32 Å². The molecule has 0 saturated carbocycles. The third-order valence-electron chi connectivity index (χ3n) is 2.42. The predicted molar refractivity (Wildman–Crippen MR) is 69.4 cm³/mol. The van der Waals surface area contributed by atoms with Gasteiger partial charge in [0.05, 0.1) is 6.54 Å². The van der Waals surface area contributed by atoms with Crippen LogP contribution >= 0.6 is 0 Å². The Balaban J connectivity index is 2.48. The molecule has 1 N–H and O–H groups in total. The number of ether oxygens (including phenoxy) is 1. The summed E-state index contributed by atoms with van der Waals surface area (Å²) in [6.07, 6.45) is -2.11. The van der Waals surface area contributed by atoms with E-state index in [4.69, 9.17) is 4.74 Å². The van der Waals surface area contributed by atoms with Crippen molar-refractivity contribution in [2.24, 2.45) is 0 Å². The van der Waals surface area contributed by atoms with Crippen molar-refractivity contribution in [3.05, 3.63) is 42.5 Å². The van der Waals surface area contributed by atoms with E-state index in [0.29, 0.717) is 12.2 Å². The number of para-hydroxylation sites is 1. The summed E-state index contributed by atoms with van der Waals surface area (Å²) in [6.45, 7) is 4.53. The molecule has 1 aromatic rings. The summed E-state index contributed by atoms with van der Waals surface area (Å²) in [5.41, 5.74) is 0.972. The second kappa shape index (κ2) is 7.19. The highest BCUT2D eigenvalue weighted by atomic mass is 19.4. The van der Waals surface area contributed by atoms with Gasteiger partial charge in [0.2, 0.25) is 0 Å². The highest BCUT2D eigenvalue weighted by molar-refractivity contribution is 5.34. The zero-order valence-corrected chi connectivity index (χ0v) is 10.8. The average molecular weight is 273 g/mol. The van der Waals surface area contributed by atoms with Gasteiger partial charge in [-0.25, -0.2) is 0 Å². The van der Waals surface area contributed by atoms with Gasteiger partial charge in [-0.05, 0) is 25.0 Å². The number of alkyl halides is 3. The van der Waals surface area contributed by atoms with Gasteiger partial charge in [-0.3, -0.25) is 0 Å². The zero-order chi connectivity index (χ0) is 14.3. The van der Waals surface area contributed by atoms with Crippen molar-refractivity contribution in [3.8, 4) is 5.75 Å². The monoisotopic (exact) mass is 273 g/mol. The van der Waals surface area contributed by atoms with Crippen LogP contribution in [0.4, 0.5) is 13.2 Å². The maximum absolute atomic E-state index is 12.0. The van der Waals surface area contributed by atoms with E-state index in [9.17, 15) is 13.2 Å². The van der Waals surface area contributed by atoms with Gasteiger partial charge in [0, 0.05) is 6.54 Å². The third-order valence-corrected chi connectivity index (χ3v) is 2.42. The molecule has 0 saturated heterocycles. The van der Waals surface area contributed by atoms with Crippen LogP contribution in [0.5, 0.6) is 5.75 Å². The topological polar surface area (TPSA) is 21.3 Å². The Labute approximate surface area is 111 Å². The molecule has 106 valence electrons. The molecule has 0 spiro atoms. The molecular weight excluding hydrogens is 255 g/mol. The number of hydrogen-bond donors (Lipinski definition) is 1. The largest absolute Gasteiger partial charge is 0.489 e. The quantitative estimate of drug-likeness (QED) is 0.769. The average Bonchev–Trinajstić information content (AvgIpc) is 2.30. The van der Waals surface area contributed by atoms with E-state index in [1.165, 1.54) is 0 Å². The molecule has 0 amide bonds. The summed E-state index contributed by atoms with van der Waals surface area (Å²) in [7, 11) is 0. The minimum Gasteiger partial charge on any atom is -0.489 e. The van der Waals surface area contributed by atoms with Crippen molar-refractivity contribution >= 4 is 0 Å². The standard InChI is InChI=1S/C14H18F3NO/c1-3-6-12-7-4-5-8-13(12)19-11(2)9-18-10-14(15,16)17/h3-5,7-8,11,18H,1,6,9-10H2,2H3. The smallest absolute Gasteiger partial charge is 0.401 e. The number of rotatable bonds is 7. The van der Waals surface area contributed by atoms with E-state index >= 15 is 0 Å². The third kappa shape index (κ3) is 6.29. The SMILES string of the molecule is C=CCc1ccccc1OC(C)CNCC(F)(F)F. The van der Waals surface area contributed by atoms with Gasteiger partial charge in [0.1, 0.15) is 11.9 Å². The predicted octanol–water partition coefficient (Wildman–Crippen LogP) is 3.33. The first kappa shape index (κ1) is 15.6. The maximum Gasteiger partial charge on any atom is 0.401 e. The minimum atomic E-state index is -4.19. The number of halogens is 3. The molecule has 0 radical (unpaired) electrons. The van der Waals surface area contributed by atoms with Gasteiger partial charge >= 0.3 is 6.18 Å². The van der Waals surface area contributed by atoms with E-state index in [-0.39, 0.29) is 12.6 Å². The fourth-order valence-electron chi connectivity index (χ4n) is 1.62. The first-order chi connectivity index (χ1) is 8.92. The van der Waals surface area contributed by atoms with Crippen molar-refractivity contribution in [2.75, 3.05) is 13.1 Å². The fraction of sp³-hybridized carbons (Fsp3) is 0.429. The summed E-state index contributed by atoms with van der Waals surface area (Å²) in [5, 5.41) is 2.33. The van der Waals surface area contributed by atoms with Crippen LogP contribution in [0.25, 0.3) is 0 Å². The lowest BCUT2D eigenvalue weighted by Crippen LogP contribution is -2.35. The van der Waals surface area contributed by atoms with Crippen LogP contribution in [0.2, 0.25) is 0 Å². The Bertz CT molecular complexity index is 404. The van der Waals surface area contributed by atoms with Gasteiger partial charge in [-0.15, -0.1) is 6.58 Å². The number of benzene rings is 1. The zero-order valence-electron chi connectivity index (χ0n) is 10.8. The second-order valence-corrected chi connectivity index (χ2v) is 4.28. The van der Waals surface area contributed by atoms with Crippen LogP contribution in [-0.4, -0.2) is 25.4 Å². The highest BCUT2D eigenvalue weighted by Crippen LogP contribution is 2.20. The molecule has 0 aromatic heterocycles. The van der Waals surface area contributed by atoms with Crippen molar-refractivity contribution in [1.29, 1.82) is 0 Å². The second-order valence-electron chi connectivity index (χ2n) is 4.28. The molecule has 5 heteroatoms. The van der Waals surface area contributed by atoms with Crippen molar-refractivity contribution < 1.29 is 17.9 Å². The number of hydrogen-bond acceptors (Lipinski definition) is 2. The minimum absolute atomic E-state index is 0.141. The van der Waals surface area contributed by atoms with E-state index in [0.717, 1.165) is 5.56 Å². The van der Waals surface area contributed by atoms with Gasteiger partial charge in [-0.1, -0.05) is 24.3 Å². The molecule has 0 aliphatic carbocycles. The van der Waals surface area contributed by atoms with Crippen LogP contribution in [0.3, 0.4) is 0 Å². The van der Waals surface area contributed by atoms with Gasteiger partial charge in [-0.2, -0.15) is 13.2 Å². The first-order valence-corrected chi connectivity index (χ1v) is 6.05. The number of nitrogens with one attached hydrogen (secondary N) is 1. The number of allylic oxidation sites excluding steroid dienone is 1. The van der Waals surface area contributed by atoms with Gasteiger partial charge in [0.25, 0.3) is 0 Å². The molecule has 1 unspecified atom stereocenters. The van der Waals surface area contributed by atoms with Crippen LogP contribution in [0.15, 0.2) is 36.9 Å². The molecular formula is C14H18F3NO. The summed E-state index contributed by atoms with van der Waals surface area (Å²) in [5.74, 6) is 0.684. The Hall–Kier alpha value is -1.49. The lowest BCUT2D eigenvalue weighted by molar-refractivity contribution is -0.125. The molecule has 1 rings (SSSR count). The van der Waals surface area contributed by atoms with Crippen LogP contribution < -0.4 is 10.1 Å². The molecule has 1 atom stereocenters. The Morgan fingerprint density at radius 3 is 2.68 bits per heavy atom. The van der Waals surface area contributed by atoms with Gasteiger partial charge < -0.3 is 10.1 Å². The molecule has 0 heterocycles. The molecule has 0 bridgehead atoms. The lowest BCUT2D eigenvalue weighted by Gasteiger charge is -2.18. The lowest BCUT2D eigenvalue weighted by atomic mass is 10.1. The van der Waals surface area contributed by atoms with Gasteiger partial charge in [0.15, 0.2) is 0 Å². The van der Waals surface area contributed by atoms with Crippen molar-refractivity contribution in [2.45, 2.75) is 25.6 Å². The maximum atomic E-state index is 12.0. The molecule has 0 aliphatic heterocycles.